The average molecular weight is 187 g/mol. The van der Waals surface area contributed by atoms with Crippen molar-refractivity contribution in [3.63, 3.8) is 0 Å². The van der Waals surface area contributed by atoms with Crippen molar-refractivity contribution in [1.29, 1.82) is 0 Å². The van der Waals surface area contributed by atoms with Crippen molar-refractivity contribution in [3.05, 3.63) is 29.8 Å². The fraction of sp³-hybridized carbons (Fsp3) is 0.250. The van der Waals surface area contributed by atoms with Crippen LogP contribution in [0.5, 0.6) is 0 Å². The summed E-state index contributed by atoms with van der Waals surface area (Å²) in [6.07, 6.45) is 5.65. The summed E-state index contributed by atoms with van der Waals surface area (Å²) in [6.45, 7) is 2.36. The van der Waals surface area contributed by atoms with E-state index in [9.17, 15) is 4.79 Å². The number of Topliss-reactive ketones (excluding diaryl/α,β-unsaturated/α-hetero) is 1. The molecule has 72 valence electrons. The van der Waals surface area contributed by atoms with Gasteiger partial charge in [-0.2, -0.15) is 0 Å². The van der Waals surface area contributed by atoms with Crippen molar-refractivity contribution in [1.82, 2.24) is 0 Å². The number of nitrogens with one attached hydrogen (secondary N) is 1. The lowest BCUT2D eigenvalue weighted by Gasteiger charge is -2.03. The minimum absolute atomic E-state index is 0.161. The van der Waals surface area contributed by atoms with Crippen LogP contribution in [0.3, 0.4) is 0 Å². The van der Waals surface area contributed by atoms with Gasteiger partial charge in [0.2, 0.25) is 0 Å². The Morgan fingerprint density at radius 2 is 2.07 bits per heavy atom. The molecular formula is C12H13NO. The quantitative estimate of drug-likeness (QED) is 0.579. The van der Waals surface area contributed by atoms with E-state index >= 15 is 0 Å². The molecule has 0 heterocycles. The highest BCUT2D eigenvalue weighted by Crippen LogP contribution is 2.10. The number of hydrogen-bond donors (Lipinski definition) is 1. The second kappa shape index (κ2) is 5.08. The summed E-state index contributed by atoms with van der Waals surface area (Å²) in [5.41, 5.74) is 1.69. The molecule has 0 aromatic heterocycles. The van der Waals surface area contributed by atoms with Gasteiger partial charge in [0.1, 0.15) is 0 Å². The van der Waals surface area contributed by atoms with Gasteiger partial charge in [0.15, 0.2) is 5.78 Å². The van der Waals surface area contributed by atoms with Crippen molar-refractivity contribution in [3.8, 4) is 12.3 Å². The van der Waals surface area contributed by atoms with Gasteiger partial charge < -0.3 is 5.32 Å². The monoisotopic (exact) mass is 187 g/mol. The van der Waals surface area contributed by atoms with Crippen LogP contribution >= 0.6 is 0 Å². The third kappa shape index (κ3) is 2.63. The molecule has 0 amide bonds. The van der Waals surface area contributed by atoms with Crippen LogP contribution in [-0.4, -0.2) is 12.3 Å². The van der Waals surface area contributed by atoms with Crippen LogP contribution in [0.15, 0.2) is 24.3 Å². The molecule has 0 radical (unpaired) electrons. The maximum absolute atomic E-state index is 11.3. The zero-order chi connectivity index (χ0) is 10.4. The number of carbonyl (C=O) groups is 1. The van der Waals surface area contributed by atoms with Gasteiger partial charge in [0.05, 0.1) is 6.54 Å². The molecule has 2 heteroatoms. The van der Waals surface area contributed by atoms with Gasteiger partial charge >= 0.3 is 0 Å². The molecular weight excluding hydrogens is 174 g/mol. The van der Waals surface area contributed by atoms with Crippen LogP contribution in [0.4, 0.5) is 5.69 Å². The lowest BCUT2D eigenvalue weighted by Crippen LogP contribution is -2.00. The number of terminal acetylenes is 1. The lowest BCUT2D eigenvalue weighted by atomic mass is 10.1. The van der Waals surface area contributed by atoms with E-state index in [-0.39, 0.29) is 5.78 Å². The Balaban J connectivity index is 2.69. The summed E-state index contributed by atoms with van der Waals surface area (Å²) >= 11 is 0. The van der Waals surface area contributed by atoms with Crippen LogP contribution in [0.1, 0.15) is 23.7 Å². The molecule has 0 saturated carbocycles. The molecule has 1 N–H and O–H groups in total. The summed E-state index contributed by atoms with van der Waals surface area (Å²) in [5, 5.41) is 3.03. The van der Waals surface area contributed by atoms with Crippen molar-refractivity contribution < 1.29 is 4.79 Å². The van der Waals surface area contributed by atoms with Gasteiger partial charge in [-0.15, -0.1) is 6.42 Å². The summed E-state index contributed by atoms with van der Waals surface area (Å²) in [6, 6.07) is 7.34. The molecule has 0 spiro atoms. The van der Waals surface area contributed by atoms with Crippen molar-refractivity contribution in [2.45, 2.75) is 13.3 Å². The fourth-order valence-electron chi connectivity index (χ4n) is 1.13. The van der Waals surface area contributed by atoms with Gasteiger partial charge in [-0.1, -0.05) is 12.8 Å². The highest BCUT2D eigenvalue weighted by Gasteiger charge is 2.01. The van der Waals surface area contributed by atoms with Crippen molar-refractivity contribution in [2.24, 2.45) is 0 Å². The normalized spacial score (nSPS) is 9.14. The molecule has 0 fully saturated rings. The standard InChI is InChI=1S/C12H13NO/c1-3-9-13-11-7-5-10(6-8-11)12(14)4-2/h1,5-8,13H,4,9H2,2H3. The van der Waals surface area contributed by atoms with E-state index in [4.69, 9.17) is 6.42 Å². The highest BCUT2D eigenvalue weighted by atomic mass is 16.1. The SMILES string of the molecule is C#CCNc1ccc(C(=O)CC)cc1. The van der Waals surface area contributed by atoms with E-state index in [1.807, 2.05) is 31.2 Å². The van der Waals surface area contributed by atoms with Crippen LogP contribution in [-0.2, 0) is 0 Å². The number of hydrogen-bond acceptors (Lipinski definition) is 2. The van der Waals surface area contributed by atoms with Crippen molar-refractivity contribution >= 4 is 11.5 Å². The molecule has 2 nitrogen and oxygen atoms in total. The Morgan fingerprint density at radius 3 is 2.57 bits per heavy atom. The molecule has 0 unspecified atom stereocenters. The second-order valence-electron chi connectivity index (χ2n) is 2.91. The molecule has 1 aromatic carbocycles. The van der Waals surface area contributed by atoms with Gasteiger partial charge in [0.25, 0.3) is 0 Å². The summed E-state index contributed by atoms with van der Waals surface area (Å²) < 4.78 is 0. The molecule has 0 atom stereocenters. The topological polar surface area (TPSA) is 29.1 Å². The second-order valence-corrected chi connectivity index (χ2v) is 2.91. The van der Waals surface area contributed by atoms with E-state index < -0.39 is 0 Å². The third-order valence-corrected chi connectivity index (χ3v) is 1.92. The van der Waals surface area contributed by atoms with Gasteiger partial charge in [-0.25, -0.2) is 0 Å². The predicted molar refractivity (Wildman–Crippen MR) is 58.4 cm³/mol. The fourth-order valence-corrected chi connectivity index (χ4v) is 1.13. The number of anilines is 1. The zero-order valence-corrected chi connectivity index (χ0v) is 8.21. The van der Waals surface area contributed by atoms with Gasteiger partial charge in [-0.3, -0.25) is 4.79 Å². The maximum atomic E-state index is 11.3. The number of benzene rings is 1. The van der Waals surface area contributed by atoms with Crippen LogP contribution in [0.2, 0.25) is 0 Å². The summed E-state index contributed by atoms with van der Waals surface area (Å²) in [7, 11) is 0. The Labute approximate surface area is 84.3 Å². The summed E-state index contributed by atoms with van der Waals surface area (Å²) in [4.78, 5) is 11.3. The average Bonchev–Trinajstić information content (AvgIpc) is 2.26. The predicted octanol–water partition coefficient (Wildman–Crippen LogP) is 2.32. The maximum Gasteiger partial charge on any atom is 0.162 e. The first kappa shape index (κ1) is 10.3. The Hall–Kier alpha value is -1.75. The van der Waals surface area contributed by atoms with Crippen molar-refractivity contribution in [2.75, 3.05) is 11.9 Å². The largest absolute Gasteiger partial charge is 0.374 e. The lowest BCUT2D eigenvalue weighted by molar-refractivity contribution is 0.0988. The van der Waals surface area contributed by atoms with Crippen LogP contribution < -0.4 is 5.32 Å². The van der Waals surface area contributed by atoms with Gasteiger partial charge in [-0.05, 0) is 24.3 Å². The van der Waals surface area contributed by atoms with E-state index in [2.05, 4.69) is 11.2 Å². The van der Waals surface area contributed by atoms with Crippen LogP contribution in [0.25, 0.3) is 0 Å². The minimum atomic E-state index is 0.161. The molecule has 0 saturated heterocycles. The highest BCUT2D eigenvalue weighted by molar-refractivity contribution is 5.96. The Bertz CT molecular complexity index is 346. The molecule has 1 aromatic rings. The number of ketones is 1. The van der Waals surface area contributed by atoms with E-state index in [0.29, 0.717) is 13.0 Å². The molecule has 0 aliphatic heterocycles. The molecule has 1 rings (SSSR count). The Morgan fingerprint density at radius 1 is 1.43 bits per heavy atom. The van der Waals surface area contributed by atoms with E-state index in [1.54, 1.807) is 0 Å². The summed E-state index contributed by atoms with van der Waals surface area (Å²) in [5.74, 6) is 2.65. The molecule has 0 aliphatic carbocycles. The number of carbonyl (C=O) groups excluding carboxylic acids is 1. The van der Waals surface area contributed by atoms with E-state index in [1.165, 1.54) is 0 Å². The van der Waals surface area contributed by atoms with Crippen LogP contribution in [0, 0.1) is 12.3 Å². The van der Waals surface area contributed by atoms with Gasteiger partial charge in [0, 0.05) is 17.7 Å². The third-order valence-electron chi connectivity index (χ3n) is 1.92. The molecule has 0 aliphatic rings. The molecule has 14 heavy (non-hydrogen) atoms. The number of rotatable bonds is 4. The first-order valence-corrected chi connectivity index (χ1v) is 4.58. The Kier molecular flexibility index (Phi) is 3.75. The smallest absolute Gasteiger partial charge is 0.162 e. The van der Waals surface area contributed by atoms with E-state index in [0.717, 1.165) is 11.3 Å². The zero-order valence-electron chi connectivity index (χ0n) is 8.21. The first-order valence-electron chi connectivity index (χ1n) is 4.58. The molecule has 0 bridgehead atoms. The first-order chi connectivity index (χ1) is 6.77. The minimum Gasteiger partial charge on any atom is -0.374 e.